The first-order valence-corrected chi connectivity index (χ1v) is 10.7. The van der Waals surface area contributed by atoms with Crippen molar-refractivity contribution >= 4 is 22.6 Å². The summed E-state index contributed by atoms with van der Waals surface area (Å²) in [5.41, 5.74) is 4.19. The highest BCUT2D eigenvalue weighted by molar-refractivity contribution is 6.06. The molecule has 2 atom stereocenters. The molecule has 3 heterocycles. The van der Waals surface area contributed by atoms with Crippen LogP contribution in [0.5, 0.6) is 0 Å². The Morgan fingerprint density at radius 2 is 1.97 bits per heavy atom. The van der Waals surface area contributed by atoms with Crippen LogP contribution in [0.4, 0.5) is 5.82 Å². The number of anilines is 1. The number of hydrogen-bond donors (Lipinski definition) is 3. The number of para-hydroxylation sites is 1. The zero-order chi connectivity index (χ0) is 22.7. The van der Waals surface area contributed by atoms with Gasteiger partial charge in [-0.2, -0.15) is 0 Å². The highest BCUT2D eigenvalue weighted by Gasteiger charge is 2.19. The summed E-state index contributed by atoms with van der Waals surface area (Å²) in [6, 6.07) is 9.69. The van der Waals surface area contributed by atoms with Crippen LogP contribution in [0.3, 0.4) is 0 Å². The lowest BCUT2D eigenvalue weighted by atomic mass is 9.87. The van der Waals surface area contributed by atoms with E-state index < -0.39 is 0 Å². The largest absolute Gasteiger partial charge is 0.370 e. The highest BCUT2D eigenvalue weighted by atomic mass is 16.1. The van der Waals surface area contributed by atoms with Gasteiger partial charge in [-0.25, -0.2) is 15.0 Å². The molecule has 8 heteroatoms. The number of aromatic amines is 1. The zero-order valence-corrected chi connectivity index (χ0v) is 18.7. The van der Waals surface area contributed by atoms with Gasteiger partial charge < -0.3 is 15.6 Å². The van der Waals surface area contributed by atoms with Gasteiger partial charge in [-0.3, -0.25) is 9.78 Å². The molecule has 4 rings (SSSR count). The van der Waals surface area contributed by atoms with Gasteiger partial charge in [0.15, 0.2) is 0 Å². The van der Waals surface area contributed by atoms with Crippen molar-refractivity contribution in [3.05, 3.63) is 66.0 Å². The lowest BCUT2D eigenvalue weighted by Crippen LogP contribution is -2.19. The molecular weight excluding hydrogens is 402 g/mol. The lowest BCUT2D eigenvalue weighted by Gasteiger charge is -2.22. The number of carbonyl (C=O) groups excluding carboxylic acids is 1. The quantitative estimate of drug-likeness (QED) is 0.411. The van der Waals surface area contributed by atoms with E-state index >= 15 is 0 Å². The van der Waals surface area contributed by atoms with Crippen molar-refractivity contribution in [3.63, 3.8) is 0 Å². The Labute approximate surface area is 186 Å². The zero-order valence-electron chi connectivity index (χ0n) is 18.7. The number of nitrogens with zero attached hydrogens (tertiary/aromatic N) is 4. The monoisotopic (exact) mass is 429 g/mol. The third-order valence-corrected chi connectivity index (χ3v) is 5.86. The SMILES string of the molecule is CNC(=O)c1ccnc2c([C@H](C)C(C)CNc3cc(-c4c[nH]c(C)n4)ncn3)cccc12. The van der Waals surface area contributed by atoms with Crippen LogP contribution in [-0.4, -0.2) is 44.4 Å². The number of aryl methyl sites for hydroxylation is 1. The predicted octanol–water partition coefficient (Wildman–Crippen LogP) is 3.93. The first-order chi connectivity index (χ1) is 15.5. The van der Waals surface area contributed by atoms with Crippen LogP contribution in [0, 0.1) is 12.8 Å². The second-order valence-electron chi connectivity index (χ2n) is 7.99. The molecule has 0 saturated heterocycles. The average Bonchev–Trinajstić information content (AvgIpc) is 3.27. The Morgan fingerprint density at radius 3 is 2.72 bits per heavy atom. The summed E-state index contributed by atoms with van der Waals surface area (Å²) in [5, 5.41) is 7.00. The van der Waals surface area contributed by atoms with Gasteiger partial charge in [0, 0.05) is 37.4 Å². The molecule has 3 aromatic heterocycles. The minimum Gasteiger partial charge on any atom is -0.370 e. The van der Waals surface area contributed by atoms with Crippen LogP contribution in [0.1, 0.15) is 41.5 Å². The molecule has 0 bridgehead atoms. The smallest absolute Gasteiger partial charge is 0.251 e. The molecule has 8 nitrogen and oxygen atoms in total. The summed E-state index contributed by atoms with van der Waals surface area (Å²) < 4.78 is 0. The van der Waals surface area contributed by atoms with Crippen molar-refractivity contribution in [2.75, 3.05) is 18.9 Å². The van der Waals surface area contributed by atoms with Crippen molar-refractivity contribution in [2.24, 2.45) is 5.92 Å². The van der Waals surface area contributed by atoms with Crippen molar-refractivity contribution in [1.29, 1.82) is 0 Å². The summed E-state index contributed by atoms with van der Waals surface area (Å²) in [6.45, 7) is 7.01. The van der Waals surface area contributed by atoms with Crippen LogP contribution in [0.15, 0.2) is 49.1 Å². The Balaban J connectivity index is 1.52. The highest BCUT2D eigenvalue weighted by Crippen LogP contribution is 2.31. The number of benzene rings is 1. The summed E-state index contributed by atoms with van der Waals surface area (Å²) >= 11 is 0. The van der Waals surface area contributed by atoms with Crippen molar-refractivity contribution in [2.45, 2.75) is 26.7 Å². The maximum Gasteiger partial charge on any atom is 0.251 e. The molecule has 1 aromatic carbocycles. The number of imidazole rings is 1. The van der Waals surface area contributed by atoms with E-state index in [2.05, 4.69) is 55.5 Å². The van der Waals surface area contributed by atoms with Gasteiger partial charge in [0.25, 0.3) is 5.91 Å². The third kappa shape index (κ3) is 4.30. The number of hydrogen-bond acceptors (Lipinski definition) is 6. The van der Waals surface area contributed by atoms with Gasteiger partial charge in [0.2, 0.25) is 0 Å². The van der Waals surface area contributed by atoms with E-state index in [9.17, 15) is 4.79 Å². The van der Waals surface area contributed by atoms with E-state index in [0.29, 0.717) is 5.56 Å². The van der Waals surface area contributed by atoms with Crippen molar-refractivity contribution < 1.29 is 4.79 Å². The van der Waals surface area contributed by atoms with Crippen molar-refractivity contribution in [1.82, 2.24) is 30.2 Å². The number of rotatable bonds is 7. The second-order valence-corrected chi connectivity index (χ2v) is 7.99. The molecule has 0 aliphatic carbocycles. The molecule has 1 unspecified atom stereocenters. The van der Waals surface area contributed by atoms with E-state index in [1.807, 2.05) is 31.3 Å². The van der Waals surface area contributed by atoms with Gasteiger partial charge in [0.05, 0.1) is 16.8 Å². The number of pyridine rings is 1. The number of carbonyl (C=O) groups is 1. The predicted molar refractivity (Wildman–Crippen MR) is 126 cm³/mol. The van der Waals surface area contributed by atoms with Crippen LogP contribution >= 0.6 is 0 Å². The topological polar surface area (TPSA) is 108 Å². The van der Waals surface area contributed by atoms with E-state index in [0.717, 1.165) is 46.0 Å². The molecule has 0 fully saturated rings. The Kier molecular flexibility index (Phi) is 6.11. The van der Waals surface area contributed by atoms with E-state index in [1.165, 1.54) is 0 Å². The Hall–Kier alpha value is -3.81. The van der Waals surface area contributed by atoms with E-state index in [4.69, 9.17) is 0 Å². The van der Waals surface area contributed by atoms with E-state index in [-0.39, 0.29) is 17.7 Å². The fourth-order valence-electron chi connectivity index (χ4n) is 3.79. The first kappa shape index (κ1) is 21.4. The lowest BCUT2D eigenvalue weighted by molar-refractivity contribution is 0.0964. The van der Waals surface area contributed by atoms with Gasteiger partial charge in [-0.15, -0.1) is 0 Å². The maximum absolute atomic E-state index is 12.3. The molecule has 3 N–H and O–H groups in total. The van der Waals surface area contributed by atoms with Crippen LogP contribution in [0.2, 0.25) is 0 Å². The third-order valence-electron chi connectivity index (χ3n) is 5.86. The van der Waals surface area contributed by atoms with Crippen LogP contribution in [0.25, 0.3) is 22.3 Å². The molecule has 164 valence electrons. The number of H-pyrrole nitrogens is 1. The van der Waals surface area contributed by atoms with Gasteiger partial charge in [-0.05, 0) is 30.4 Å². The fourth-order valence-corrected chi connectivity index (χ4v) is 3.79. The summed E-state index contributed by atoms with van der Waals surface area (Å²) in [5.74, 6) is 2.00. The standard InChI is InChI=1S/C24H27N7O/c1-14(11-28-22-10-20(29-13-30-22)21-12-27-16(3)31-21)15(2)17-6-5-7-18-19(24(32)25-4)8-9-26-23(17)18/h5-10,12-15H,11H2,1-4H3,(H,25,32)(H,27,31)(H,28,29,30)/t14?,15-/m1/s1. The van der Waals surface area contributed by atoms with Gasteiger partial charge in [-0.1, -0.05) is 32.0 Å². The molecule has 4 aromatic rings. The average molecular weight is 430 g/mol. The minimum atomic E-state index is -0.108. The molecule has 0 saturated carbocycles. The summed E-state index contributed by atoms with van der Waals surface area (Å²) in [4.78, 5) is 33.0. The molecule has 0 aliphatic heterocycles. The normalized spacial score (nSPS) is 13.0. The maximum atomic E-state index is 12.3. The Bertz CT molecular complexity index is 1250. The molecule has 0 aliphatic rings. The van der Waals surface area contributed by atoms with Gasteiger partial charge >= 0.3 is 0 Å². The molecule has 0 radical (unpaired) electrons. The molecule has 0 spiro atoms. The van der Waals surface area contributed by atoms with Crippen LogP contribution in [-0.2, 0) is 0 Å². The molecule has 1 amide bonds. The van der Waals surface area contributed by atoms with Gasteiger partial charge in [0.1, 0.15) is 23.7 Å². The summed E-state index contributed by atoms with van der Waals surface area (Å²) in [7, 11) is 1.64. The van der Waals surface area contributed by atoms with Crippen LogP contribution < -0.4 is 10.6 Å². The number of aromatic nitrogens is 5. The number of fused-ring (bicyclic) bond motifs is 1. The fraction of sp³-hybridized carbons (Fsp3) is 0.292. The van der Waals surface area contributed by atoms with E-state index in [1.54, 1.807) is 25.6 Å². The second kappa shape index (κ2) is 9.13. The summed E-state index contributed by atoms with van der Waals surface area (Å²) in [6.07, 6.45) is 5.09. The number of amides is 1. The van der Waals surface area contributed by atoms with Crippen molar-refractivity contribution in [3.8, 4) is 11.4 Å². The molecule has 32 heavy (non-hydrogen) atoms. The first-order valence-electron chi connectivity index (χ1n) is 10.7. The number of nitrogens with one attached hydrogen (secondary N) is 3. The Morgan fingerprint density at radius 1 is 1.12 bits per heavy atom. The molecular formula is C24H27N7O. The minimum absolute atomic E-state index is 0.108.